The molecule has 1 heterocycles. The smallest absolute Gasteiger partial charge is 0.338 e. The molecule has 0 spiro atoms. The molecule has 5 nitrogen and oxygen atoms in total. The second-order valence-electron chi connectivity index (χ2n) is 3.24. The van der Waals surface area contributed by atoms with Crippen molar-refractivity contribution in [2.45, 2.75) is 33.0 Å². The molecule has 1 aliphatic heterocycles. The topological polar surface area (TPSA) is 59.1 Å². The van der Waals surface area contributed by atoms with Crippen molar-refractivity contribution >= 4 is 11.9 Å². The molecule has 0 bridgehead atoms. The maximum Gasteiger partial charge on any atom is 0.338 e. The Morgan fingerprint density at radius 2 is 1.80 bits per heavy atom. The number of carbonyl (C=O) groups is 2. The van der Waals surface area contributed by atoms with Crippen molar-refractivity contribution < 1.29 is 19.1 Å². The Bertz CT molecular complexity index is 250. The van der Waals surface area contributed by atoms with Crippen molar-refractivity contribution in [3.63, 3.8) is 0 Å². The summed E-state index contributed by atoms with van der Waals surface area (Å²) in [4.78, 5) is 24.5. The van der Waals surface area contributed by atoms with E-state index in [9.17, 15) is 9.59 Å². The van der Waals surface area contributed by atoms with E-state index in [4.69, 9.17) is 9.47 Å². The lowest BCUT2D eigenvalue weighted by Crippen LogP contribution is -2.35. The molecule has 0 aromatic carbocycles. The molecule has 0 radical (unpaired) electrons. The Hall–Kier alpha value is -1.10. The van der Waals surface area contributed by atoms with Crippen LogP contribution in [0.5, 0.6) is 0 Å². The molecule has 2 unspecified atom stereocenters. The second kappa shape index (κ2) is 5.11. The third kappa shape index (κ3) is 2.68. The molecule has 15 heavy (non-hydrogen) atoms. The summed E-state index contributed by atoms with van der Waals surface area (Å²) < 4.78 is 9.77. The first kappa shape index (κ1) is 12.0. The Morgan fingerprint density at radius 1 is 1.20 bits per heavy atom. The van der Waals surface area contributed by atoms with Crippen LogP contribution in [-0.2, 0) is 19.1 Å². The van der Waals surface area contributed by atoms with Gasteiger partial charge in [0.1, 0.15) is 0 Å². The predicted molar refractivity (Wildman–Crippen MR) is 53.2 cm³/mol. The number of carbonyl (C=O) groups excluding carboxylic acids is 2. The lowest BCUT2D eigenvalue weighted by atomic mass is 10.2. The van der Waals surface area contributed by atoms with Gasteiger partial charge in [-0.15, -0.1) is 0 Å². The maximum atomic E-state index is 11.7. The summed E-state index contributed by atoms with van der Waals surface area (Å²) in [5.41, 5.74) is 0. The molecule has 0 N–H and O–H groups in total. The van der Waals surface area contributed by atoms with Gasteiger partial charge < -0.3 is 14.4 Å². The lowest BCUT2D eigenvalue weighted by Gasteiger charge is -2.16. The molecule has 0 aromatic heterocycles. The van der Waals surface area contributed by atoms with E-state index < -0.39 is 18.2 Å². The van der Waals surface area contributed by atoms with Crippen molar-refractivity contribution in [1.29, 1.82) is 0 Å². The SMILES string of the molecule is CCOC(=O)C1OC1C(=O)N(CC)CC. The third-order valence-corrected chi connectivity index (χ3v) is 2.33. The van der Waals surface area contributed by atoms with Gasteiger partial charge >= 0.3 is 5.97 Å². The molecule has 1 fully saturated rings. The number of nitrogens with zero attached hydrogens (tertiary/aromatic N) is 1. The normalized spacial score (nSPS) is 23.4. The van der Waals surface area contributed by atoms with Crippen LogP contribution in [0.4, 0.5) is 0 Å². The molecular formula is C10H17NO4. The molecule has 1 aliphatic rings. The van der Waals surface area contributed by atoms with Crippen LogP contribution in [0.25, 0.3) is 0 Å². The molecule has 0 aromatic rings. The van der Waals surface area contributed by atoms with Gasteiger partial charge in [0, 0.05) is 13.1 Å². The molecular weight excluding hydrogens is 198 g/mol. The Labute approximate surface area is 89.3 Å². The molecule has 0 aliphatic carbocycles. The van der Waals surface area contributed by atoms with Gasteiger partial charge in [-0.25, -0.2) is 4.79 Å². The maximum absolute atomic E-state index is 11.7. The highest BCUT2D eigenvalue weighted by atomic mass is 16.6. The number of hydrogen-bond donors (Lipinski definition) is 0. The third-order valence-electron chi connectivity index (χ3n) is 2.33. The summed E-state index contributed by atoms with van der Waals surface area (Å²) in [6, 6.07) is 0. The number of amides is 1. The quantitative estimate of drug-likeness (QED) is 0.485. The number of epoxide rings is 1. The first-order valence-corrected chi connectivity index (χ1v) is 5.26. The molecule has 1 rings (SSSR count). The second-order valence-corrected chi connectivity index (χ2v) is 3.24. The van der Waals surface area contributed by atoms with Gasteiger partial charge in [-0.2, -0.15) is 0 Å². The molecule has 0 saturated carbocycles. The van der Waals surface area contributed by atoms with E-state index in [1.54, 1.807) is 11.8 Å². The van der Waals surface area contributed by atoms with E-state index in [0.717, 1.165) is 0 Å². The minimum Gasteiger partial charge on any atom is -0.464 e. The molecule has 1 saturated heterocycles. The Balaban J connectivity index is 2.42. The van der Waals surface area contributed by atoms with Gasteiger partial charge in [-0.3, -0.25) is 4.79 Å². The fourth-order valence-electron chi connectivity index (χ4n) is 1.42. The average Bonchev–Trinajstić information content (AvgIpc) is 2.99. The van der Waals surface area contributed by atoms with Crippen molar-refractivity contribution in [2.75, 3.05) is 19.7 Å². The van der Waals surface area contributed by atoms with E-state index in [-0.39, 0.29) is 5.91 Å². The summed E-state index contributed by atoms with van der Waals surface area (Å²) in [5.74, 6) is -0.568. The van der Waals surface area contributed by atoms with Crippen molar-refractivity contribution in [1.82, 2.24) is 4.90 Å². The van der Waals surface area contributed by atoms with Crippen molar-refractivity contribution in [3.05, 3.63) is 0 Å². The highest BCUT2D eigenvalue weighted by molar-refractivity contribution is 5.92. The highest BCUT2D eigenvalue weighted by Crippen LogP contribution is 2.25. The number of likely N-dealkylation sites (N-methyl/N-ethyl adjacent to an activating group) is 1. The molecule has 2 atom stereocenters. The first-order chi connectivity index (χ1) is 7.15. The fourth-order valence-corrected chi connectivity index (χ4v) is 1.42. The summed E-state index contributed by atoms with van der Waals surface area (Å²) >= 11 is 0. The standard InChI is InChI=1S/C10H17NO4/c1-4-11(5-2)9(12)7-8(15-7)10(13)14-6-3/h7-8H,4-6H2,1-3H3. The van der Waals surface area contributed by atoms with Crippen LogP contribution < -0.4 is 0 Å². The minimum atomic E-state index is -0.682. The van der Waals surface area contributed by atoms with E-state index >= 15 is 0 Å². The van der Waals surface area contributed by atoms with Crippen LogP contribution in [0.2, 0.25) is 0 Å². The van der Waals surface area contributed by atoms with Crippen LogP contribution >= 0.6 is 0 Å². The monoisotopic (exact) mass is 215 g/mol. The Kier molecular flexibility index (Phi) is 4.08. The number of esters is 1. The predicted octanol–water partition coefficient (Wildman–Crippen LogP) is 0.185. The van der Waals surface area contributed by atoms with Gasteiger partial charge in [-0.1, -0.05) is 0 Å². The van der Waals surface area contributed by atoms with Crippen LogP contribution in [0.1, 0.15) is 20.8 Å². The fraction of sp³-hybridized carbons (Fsp3) is 0.800. The number of rotatable bonds is 5. The van der Waals surface area contributed by atoms with Crippen LogP contribution in [0.15, 0.2) is 0 Å². The van der Waals surface area contributed by atoms with Crippen LogP contribution in [-0.4, -0.2) is 48.7 Å². The minimum absolute atomic E-state index is 0.127. The summed E-state index contributed by atoms with van der Waals surface area (Å²) in [7, 11) is 0. The highest BCUT2D eigenvalue weighted by Gasteiger charge is 2.52. The van der Waals surface area contributed by atoms with Gasteiger partial charge in [0.2, 0.25) is 0 Å². The number of hydrogen-bond acceptors (Lipinski definition) is 4. The molecule has 5 heteroatoms. The largest absolute Gasteiger partial charge is 0.464 e. The summed E-state index contributed by atoms with van der Waals surface area (Å²) in [6.45, 7) is 7.08. The summed E-state index contributed by atoms with van der Waals surface area (Å²) in [5, 5.41) is 0. The van der Waals surface area contributed by atoms with E-state index in [1.165, 1.54) is 0 Å². The molecule has 1 amide bonds. The van der Waals surface area contributed by atoms with E-state index in [1.807, 2.05) is 13.8 Å². The van der Waals surface area contributed by atoms with Crippen LogP contribution in [0.3, 0.4) is 0 Å². The van der Waals surface area contributed by atoms with Gasteiger partial charge in [0.15, 0.2) is 12.2 Å². The van der Waals surface area contributed by atoms with Crippen molar-refractivity contribution in [2.24, 2.45) is 0 Å². The zero-order valence-corrected chi connectivity index (χ0v) is 9.36. The lowest BCUT2D eigenvalue weighted by molar-refractivity contribution is -0.144. The zero-order chi connectivity index (χ0) is 11.4. The Morgan fingerprint density at radius 3 is 2.27 bits per heavy atom. The molecule has 86 valence electrons. The average molecular weight is 215 g/mol. The van der Waals surface area contributed by atoms with E-state index in [2.05, 4.69) is 0 Å². The van der Waals surface area contributed by atoms with E-state index in [0.29, 0.717) is 19.7 Å². The van der Waals surface area contributed by atoms with Gasteiger partial charge in [-0.05, 0) is 20.8 Å². The van der Waals surface area contributed by atoms with Gasteiger partial charge in [0.25, 0.3) is 5.91 Å². The van der Waals surface area contributed by atoms with Gasteiger partial charge in [0.05, 0.1) is 6.61 Å². The zero-order valence-electron chi connectivity index (χ0n) is 9.36. The van der Waals surface area contributed by atoms with Crippen LogP contribution in [0, 0.1) is 0 Å². The summed E-state index contributed by atoms with van der Waals surface area (Å²) in [6.07, 6.45) is -1.30. The van der Waals surface area contributed by atoms with Crippen molar-refractivity contribution in [3.8, 4) is 0 Å². The number of ether oxygens (including phenoxy) is 2. The first-order valence-electron chi connectivity index (χ1n) is 5.26.